The first-order chi connectivity index (χ1) is 7.96. The summed E-state index contributed by atoms with van der Waals surface area (Å²) in [5, 5.41) is 0. The minimum Gasteiger partial charge on any atom is -0.323 e. The van der Waals surface area contributed by atoms with E-state index in [1.54, 1.807) is 19.2 Å². The number of alkyl halides is 2. The first-order valence-electron chi connectivity index (χ1n) is 5.89. The molecule has 0 radical (unpaired) electrons. The van der Waals surface area contributed by atoms with Crippen LogP contribution >= 0.6 is 0 Å². The fourth-order valence-corrected chi connectivity index (χ4v) is 2.40. The number of nitrogens with zero attached hydrogens (tertiary/aromatic N) is 2. The first kappa shape index (κ1) is 12.4. The highest BCUT2D eigenvalue weighted by Gasteiger charge is 2.39. The standard InChI is InChI=1S/C12H17F2N3/c1-8-16-5-3-11(17-8)10(15)6-9-2-4-12(13,14)7-9/h3,5,9-10H,2,4,6-7,15H2,1H3. The van der Waals surface area contributed by atoms with Crippen LogP contribution in [0, 0.1) is 12.8 Å². The Balaban J connectivity index is 1.96. The fourth-order valence-electron chi connectivity index (χ4n) is 2.40. The third-order valence-corrected chi connectivity index (χ3v) is 3.27. The second-order valence-electron chi connectivity index (χ2n) is 4.84. The molecule has 2 unspecified atom stereocenters. The predicted octanol–water partition coefficient (Wildman–Crippen LogP) is 2.61. The topological polar surface area (TPSA) is 51.8 Å². The van der Waals surface area contributed by atoms with E-state index < -0.39 is 5.92 Å². The van der Waals surface area contributed by atoms with Gasteiger partial charge in [-0.2, -0.15) is 0 Å². The van der Waals surface area contributed by atoms with Gasteiger partial charge in [-0.25, -0.2) is 18.7 Å². The maximum atomic E-state index is 13.0. The van der Waals surface area contributed by atoms with Gasteiger partial charge in [0.05, 0.1) is 5.69 Å². The van der Waals surface area contributed by atoms with E-state index in [-0.39, 0.29) is 24.8 Å². The van der Waals surface area contributed by atoms with E-state index in [4.69, 9.17) is 5.73 Å². The molecule has 0 aliphatic heterocycles. The summed E-state index contributed by atoms with van der Waals surface area (Å²) < 4.78 is 26.1. The molecule has 1 heterocycles. The molecular formula is C12H17F2N3. The summed E-state index contributed by atoms with van der Waals surface area (Å²) in [6.45, 7) is 1.79. The second kappa shape index (κ2) is 4.64. The van der Waals surface area contributed by atoms with Crippen LogP contribution in [0.5, 0.6) is 0 Å². The molecule has 5 heteroatoms. The normalized spacial score (nSPS) is 24.8. The molecule has 1 aliphatic rings. The van der Waals surface area contributed by atoms with Gasteiger partial charge in [0.15, 0.2) is 0 Å². The lowest BCUT2D eigenvalue weighted by molar-refractivity contribution is 0.00445. The molecule has 17 heavy (non-hydrogen) atoms. The summed E-state index contributed by atoms with van der Waals surface area (Å²) >= 11 is 0. The molecule has 1 fully saturated rings. The molecule has 1 aliphatic carbocycles. The molecule has 2 N–H and O–H groups in total. The molecule has 3 nitrogen and oxygen atoms in total. The molecule has 2 atom stereocenters. The van der Waals surface area contributed by atoms with Crippen LogP contribution < -0.4 is 5.73 Å². The highest BCUT2D eigenvalue weighted by Crippen LogP contribution is 2.41. The Morgan fingerprint density at radius 3 is 2.94 bits per heavy atom. The summed E-state index contributed by atoms with van der Waals surface area (Å²) in [5.41, 5.74) is 6.74. The predicted molar refractivity (Wildman–Crippen MR) is 60.6 cm³/mol. The van der Waals surface area contributed by atoms with Crippen molar-refractivity contribution < 1.29 is 8.78 Å². The van der Waals surface area contributed by atoms with Crippen LogP contribution in [0.3, 0.4) is 0 Å². The Morgan fingerprint density at radius 1 is 1.59 bits per heavy atom. The molecule has 0 saturated heterocycles. The van der Waals surface area contributed by atoms with Gasteiger partial charge >= 0.3 is 0 Å². The van der Waals surface area contributed by atoms with E-state index in [9.17, 15) is 8.78 Å². The average Bonchev–Trinajstić information content (AvgIpc) is 2.58. The Labute approximate surface area is 99.5 Å². The number of hydrogen-bond acceptors (Lipinski definition) is 3. The Bertz CT molecular complexity index is 395. The SMILES string of the molecule is Cc1nccc(C(N)CC2CCC(F)(F)C2)n1. The van der Waals surface area contributed by atoms with Crippen molar-refractivity contribution in [3.63, 3.8) is 0 Å². The number of hydrogen-bond donors (Lipinski definition) is 1. The maximum Gasteiger partial charge on any atom is 0.248 e. The summed E-state index contributed by atoms with van der Waals surface area (Å²) in [4.78, 5) is 8.22. The lowest BCUT2D eigenvalue weighted by Crippen LogP contribution is -2.17. The van der Waals surface area contributed by atoms with Crippen LogP contribution in [0.4, 0.5) is 8.78 Å². The molecule has 1 saturated carbocycles. The smallest absolute Gasteiger partial charge is 0.248 e. The number of halogens is 2. The summed E-state index contributed by atoms with van der Waals surface area (Å²) in [5.74, 6) is -1.82. The number of nitrogens with two attached hydrogens (primary N) is 1. The second-order valence-corrected chi connectivity index (χ2v) is 4.84. The van der Waals surface area contributed by atoms with Crippen molar-refractivity contribution in [2.75, 3.05) is 0 Å². The van der Waals surface area contributed by atoms with Gasteiger partial charge in [-0.3, -0.25) is 0 Å². The Hall–Kier alpha value is -1.10. The van der Waals surface area contributed by atoms with Crippen molar-refractivity contribution in [1.29, 1.82) is 0 Å². The summed E-state index contributed by atoms with van der Waals surface area (Å²) in [6, 6.07) is 1.49. The maximum absolute atomic E-state index is 13.0. The average molecular weight is 241 g/mol. The summed E-state index contributed by atoms with van der Waals surface area (Å²) in [6.07, 6.45) is 2.75. The van der Waals surface area contributed by atoms with Gasteiger partial charge in [-0.15, -0.1) is 0 Å². The van der Waals surface area contributed by atoms with Gasteiger partial charge in [0.25, 0.3) is 0 Å². The number of aryl methyl sites for hydroxylation is 1. The molecule has 0 aromatic carbocycles. The third-order valence-electron chi connectivity index (χ3n) is 3.27. The van der Waals surface area contributed by atoms with E-state index >= 15 is 0 Å². The monoisotopic (exact) mass is 241 g/mol. The number of aromatic nitrogens is 2. The minimum atomic E-state index is -2.49. The zero-order chi connectivity index (χ0) is 12.5. The van der Waals surface area contributed by atoms with Crippen LogP contribution in [-0.2, 0) is 0 Å². The molecule has 0 spiro atoms. The molecule has 94 valence electrons. The van der Waals surface area contributed by atoms with Crippen LogP contribution in [0.2, 0.25) is 0 Å². The number of rotatable bonds is 3. The molecule has 0 amide bonds. The van der Waals surface area contributed by atoms with Crippen LogP contribution in [-0.4, -0.2) is 15.9 Å². The first-order valence-corrected chi connectivity index (χ1v) is 5.89. The van der Waals surface area contributed by atoms with Gasteiger partial charge in [-0.1, -0.05) is 0 Å². The Kier molecular flexibility index (Phi) is 3.38. The molecule has 2 rings (SSSR count). The van der Waals surface area contributed by atoms with E-state index in [1.807, 2.05) is 0 Å². The largest absolute Gasteiger partial charge is 0.323 e. The van der Waals surface area contributed by atoms with Gasteiger partial charge < -0.3 is 5.73 Å². The van der Waals surface area contributed by atoms with E-state index in [1.165, 1.54) is 0 Å². The third kappa shape index (κ3) is 3.19. The summed E-state index contributed by atoms with van der Waals surface area (Å²) in [7, 11) is 0. The van der Waals surface area contributed by atoms with Gasteiger partial charge in [-0.05, 0) is 31.7 Å². The van der Waals surface area contributed by atoms with E-state index in [2.05, 4.69) is 9.97 Å². The van der Waals surface area contributed by atoms with Crippen molar-refractivity contribution in [2.45, 2.75) is 44.6 Å². The lowest BCUT2D eigenvalue weighted by atomic mass is 9.97. The van der Waals surface area contributed by atoms with Crippen LogP contribution in [0.15, 0.2) is 12.3 Å². The zero-order valence-electron chi connectivity index (χ0n) is 9.87. The highest BCUT2D eigenvalue weighted by molar-refractivity contribution is 5.07. The highest BCUT2D eigenvalue weighted by atomic mass is 19.3. The minimum absolute atomic E-state index is 0.00676. The van der Waals surface area contributed by atoms with Crippen molar-refractivity contribution in [2.24, 2.45) is 11.7 Å². The van der Waals surface area contributed by atoms with Gasteiger partial charge in [0.2, 0.25) is 5.92 Å². The van der Waals surface area contributed by atoms with E-state index in [0.717, 1.165) is 5.69 Å². The molecule has 1 aromatic rings. The van der Waals surface area contributed by atoms with Crippen molar-refractivity contribution >= 4 is 0 Å². The molecular weight excluding hydrogens is 224 g/mol. The fraction of sp³-hybridized carbons (Fsp3) is 0.667. The van der Waals surface area contributed by atoms with Crippen molar-refractivity contribution in [1.82, 2.24) is 9.97 Å². The van der Waals surface area contributed by atoms with Crippen molar-refractivity contribution in [3.8, 4) is 0 Å². The van der Waals surface area contributed by atoms with Crippen molar-refractivity contribution in [3.05, 3.63) is 23.8 Å². The quantitative estimate of drug-likeness (QED) is 0.885. The van der Waals surface area contributed by atoms with Gasteiger partial charge in [0, 0.05) is 25.1 Å². The zero-order valence-corrected chi connectivity index (χ0v) is 9.87. The van der Waals surface area contributed by atoms with Crippen LogP contribution in [0.1, 0.15) is 43.2 Å². The van der Waals surface area contributed by atoms with Crippen LogP contribution in [0.25, 0.3) is 0 Å². The van der Waals surface area contributed by atoms with E-state index in [0.29, 0.717) is 18.7 Å². The molecule has 1 aromatic heterocycles. The van der Waals surface area contributed by atoms with Gasteiger partial charge in [0.1, 0.15) is 5.82 Å². The molecule has 0 bridgehead atoms. The lowest BCUT2D eigenvalue weighted by Gasteiger charge is -2.16. The Morgan fingerprint density at radius 2 is 2.35 bits per heavy atom.